The third kappa shape index (κ3) is 1.60. The molecule has 2 aromatic rings. The Bertz CT molecular complexity index is 824. The van der Waals surface area contributed by atoms with Gasteiger partial charge in [0.1, 0.15) is 6.04 Å². The number of fused-ring (bicyclic) bond motifs is 1. The molecule has 0 bridgehead atoms. The van der Waals surface area contributed by atoms with Gasteiger partial charge >= 0.3 is 11.7 Å². The van der Waals surface area contributed by atoms with Crippen molar-refractivity contribution in [1.82, 2.24) is 18.7 Å². The van der Waals surface area contributed by atoms with Gasteiger partial charge in [-0.2, -0.15) is 0 Å². The van der Waals surface area contributed by atoms with Crippen molar-refractivity contribution in [2.75, 3.05) is 0 Å². The van der Waals surface area contributed by atoms with Gasteiger partial charge in [-0.1, -0.05) is 0 Å². The van der Waals surface area contributed by atoms with E-state index in [1.807, 2.05) is 0 Å². The highest BCUT2D eigenvalue weighted by Gasteiger charge is 2.39. The van der Waals surface area contributed by atoms with Crippen LogP contribution in [0.1, 0.15) is 18.9 Å². The van der Waals surface area contributed by atoms with E-state index in [0.29, 0.717) is 0 Å². The first-order valence-corrected chi connectivity index (χ1v) is 6.29. The molecule has 1 aliphatic carbocycles. The van der Waals surface area contributed by atoms with Crippen molar-refractivity contribution in [3.05, 3.63) is 27.2 Å². The molecule has 2 aromatic heterocycles. The summed E-state index contributed by atoms with van der Waals surface area (Å²) in [5, 5.41) is 9.37. The molecule has 1 fully saturated rings. The normalized spacial score (nSPS) is 16.5. The largest absolute Gasteiger partial charge is 0.480 e. The lowest BCUT2D eigenvalue weighted by atomic mass is 10.2. The summed E-state index contributed by atoms with van der Waals surface area (Å²) in [6.07, 6.45) is 2.98. The van der Waals surface area contributed by atoms with Crippen molar-refractivity contribution >= 4 is 17.1 Å². The van der Waals surface area contributed by atoms with Crippen LogP contribution in [0, 0.1) is 5.92 Å². The molecule has 3 rings (SSSR count). The van der Waals surface area contributed by atoms with Crippen LogP contribution in [-0.4, -0.2) is 29.8 Å². The lowest BCUT2D eigenvalue weighted by Gasteiger charge is -2.14. The first-order chi connectivity index (χ1) is 9.43. The van der Waals surface area contributed by atoms with E-state index < -0.39 is 23.3 Å². The molecule has 0 amide bonds. The highest BCUT2D eigenvalue weighted by molar-refractivity contribution is 5.77. The van der Waals surface area contributed by atoms with Crippen LogP contribution >= 0.6 is 0 Å². The molecular formula is C12H14N4O4. The Balaban J connectivity index is 2.36. The molecule has 8 nitrogen and oxygen atoms in total. The van der Waals surface area contributed by atoms with Gasteiger partial charge in [-0.25, -0.2) is 14.6 Å². The fraction of sp³-hybridized carbons (Fsp3) is 0.500. The van der Waals surface area contributed by atoms with Gasteiger partial charge < -0.3 is 9.67 Å². The van der Waals surface area contributed by atoms with E-state index in [2.05, 4.69) is 4.98 Å². The predicted octanol–water partition coefficient (Wildman–Crippen LogP) is -0.531. The summed E-state index contributed by atoms with van der Waals surface area (Å²) < 4.78 is 3.60. The second kappa shape index (κ2) is 4.06. The number of carboxylic acids is 1. The lowest BCUT2D eigenvalue weighted by Crippen LogP contribution is -2.38. The fourth-order valence-corrected chi connectivity index (χ4v) is 2.53. The number of aryl methyl sites for hydroxylation is 1. The summed E-state index contributed by atoms with van der Waals surface area (Å²) in [5.41, 5.74) is -0.627. The maximum atomic E-state index is 12.2. The highest BCUT2D eigenvalue weighted by Crippen LogP contribution is 2.40. The number of hydrogen-bond donors (Lipinski definition) is 1. The zero-order valence-corrected chi connectivity index (χ0v) is 11.1. The van der Waals surface area contributed by atoms with Crippen LogP contribution in [0.15, 0.2) is 15.9 Å². The summed E-state index contributed by atoms with van der Waals surface area (Å²) in [7, 11) is 2.88. The van der Waals surface area contributed by atoms with Gasteiger partial charge in [0.05, 0.1) is 6.33 Å². The maximum Gasteiger partial charge on any atom is 0.332 e. The molecule has 1 N–H and O–H groups in total. The van der Waals surface area contributed by atoms with Crippen molar-refractivity contribution < 1.29 is 9.90 Å². The van der Waals surface area contributed by atoms with E-state index in [9.17, 15) is 19.5 Å². The van der Waals surface area contributed by atoms with Gasteiger partial charge in [-0.15, -0.1) is 0 Å². The molecule has 1 saturated carbocycles. The van der Waals surface area contributed by atoms with Crippen LogP contribution in [0.3, 0.4) is 0 Å². The number of nitrogens with zero attached hydrogens (tertiary/aromatic N) is 4. The summed E-state index contributed by atoms with van der Waals surface area (Å²) in [4.78, 5) is 39.6. The average molecular weight is 278 g/mol. The van der Waals surface area contributed by atoms with E-state index in [-0.39, 0.29) is 17.1 Å². The Morgan fingerprint density at radius 3 is 2.55 bits per heavy atom. The predicted molar refractivity (Wildman–Crippen MR) is 69.6 cm³/mol. The van der Waals surface area contributed by atoms with Gasteiger partial charge in [0.25, 0.3) is 5.56 Å². The Morgan fingerprint density at radius 2 is 2.00 bits per heavy atom. The second-order valence-corrected chi connectivity index (χ2v) is 5.15. The third-order valence-corrected chi connectivity index (χ3v) is 3.79. The monoisotopic (exact) mass is 278 g/mol. The van der Waals surface area contributed by atoms with Crippen molar-refractivity contribution in [3.8, 4) is 0 Å². The Kier molecular flexibility index (Phi) is 2.56. The van der Waals surface area contributed by atoms with Crippen molar-refractivity contribution in [3.63, 3.8) is 0 Å². The van der Waals surface area contributed by atoms with Gasteiger partial charge in [-0.3, -0.25) is 13.9 Å². The lowest BCUT2D eigenvalue weighted by molar-refractivity contribution is -0.141. The van der Waals surface area contributed by atoms with Crippen molar-refractivity contribution in [2.45, 2.75) is 18.9 Å². The zero-order valence-electron chi connectivity index (χ0n) is 11.1. The minimum atomic E-state index is -0.984. The molecule has 8 heteroatoms. The molecule has 2 heterocycles. The topological polar surface area (TPSA) is 99.1 Å². The average Bonchev–Trinajstić information content (AvgIpc) is 3.12. The molecule has 1 aliphatic rings. The Hall–Kier alpha value is -2.38. The molecule has 20 heavy (non-hydrogen) atoms. The van der Waals surface area contributed by atoms with Gasteiger partial charge in [0, 0.05) is 14.1 Å². The molecule has 1 unspecified atom stereocenters. The second-order valence-electron chi connectivity index (χ2n) is 5.15. The maximum absolute atomic E-state index is 12.2. The zero-order chi connectivity index (χ0) is 14.6. The first kappa shape index (κ1) is 12.6. The molecule has 1 atom stereocenters. The molecule has 0 aromatic carbocycles. The van der Waals surface area contributed by atoms with Crippen LogP contribution in [0.25, 0.3) is 11.2 Å². The fourth-order valence-electron chi connectivity index (χ4n) is 2.53. The number of hydrogen-bond acceptors (Lipinski definition) is 4. The number of imidazole rings is 1. The molecule has 0 spiro atoms. The van der Waals surface area contributed by atoms with E-state index in [4.69, 9.17) is 0 Å². The van der Waals surface area contributed by atoms with Crippen LogP contribution in [0.4, 0.5) is 0 Å². The molecular weight excluding hydrogens is 264 g/mol. The van der Waals surface area contributed by atoms with E-state index in [1.54, 1.807) is 0 Å². The van der Waals surface area contributed by atoms with Crippen molar-refractivity contribution in [1.29, 1.82) is 0 Å². The van der Waals surface area contributed by atoms with Crippen LogP contribution in [0.5, 0.6) is 0 Å². The number of aromatic nitrogens is 4. The third-order valence-electron chi connectivity index (χ3n) is 3.79. The molecule has 0 saturated heterocycles. The quantitative estimate of drug-likeness (QED) is 0.813. The summed E-state index contributed by atoms with van der Waals surface area (Å²) in [6, 6.07) is -0.801. The first-order valence-electron chi connectivity index (χ1n) is 6.29. The molecule has 0 radical (unpaired) electrons. The number of rotatable bonds is 3. The van der Waals surface area contributed by atoms with Gasteiger partial charge in [0.2, 0.25) is 0 Å². The summed E-state index contributed by atoms with van der Waals surface area (Å²) in [6.45, 7) is 0. The van der Waals surface area contributed by atoms with Crippen LogP contribution < -0.4 is 11.2 Å². The number of carbonyl (C=O) groups is 1. The minimum absolute atomic E-state index is 0.0202. The Morgan fingerprint density at radius 1 is 1.35 bits per heavy atom. The summed E-state index contributed by atoms with van der Waals surface area (Å²) in [5.74, 6) is -0.963. The minimum Gasteiger partial charge on any atom is -0.480 e. The highest BCUT2D eigenvalue weighted by atomic mass is 16.4. The van der Waals surface area contributed by atoms with Gasteiger partial charge in [-0.05, 0) is 18.8 Å². The molecule has 106 valence electrons. The Labute approximate surface area is 112 Å². The smallest absolute Gasteiger partial charge is 0.332 e. The van der Waals surface area contributed by atoms with Crippen molar-refractivity contribution in [2.24, 2.45) is 20.0 Å². The SMILES string of the molecule is Cn1c(=O)c2c(ncn2C(C(=O)O)C2CC2)n(C)c1=O. The van der Waals surface area contributed by atoms with Gasteiger partial charge in [0.15, 0.2) is 11.2 Å². The molecule has 0 aliphatic heterocycles. The number of aliphatic carboxylic acids is 1. The van der Waals surface area contributed by atoms with Crippen LogP contribution in [-0.2, 0) is 18.9 Å². The van der Waals surface area contributed by atoms with Crippen LogP contribution in [0.2, 0.25) is 0 Å². The van der Waals surface area contributed by atoms with E-state index >= 15 is 0 Å². The number of carboxylic acid groups (broad SMARTS) is 1. The van der Waals surface area contributed by atoms with E-state index in [0.717, 1.165) is 17.4 Å². The standard InChI is InChI=1S/C12H14N4O4/c1-14-9-8(10(17)15(2)12(14)20)16(5-13-9)7(11(18)19)6-3-4-6/h5-7H,3-4H2,1-2H3,(H,18,19). The summed E-state index contributed by atoms with van der Waals surface area (Å²) >= 11 is 0. The van der Waals surface area contributed by atoms with E-state index in [1.165, 1.54) is 29.6 Å².